The van der Waals surface area contributed by atoms with Crippen LogP contribution in [-0.2, 0) is 23.7 Å². The van der Waals surface area contributed by atoms with Gasteiger partial charge in [-0.3, -0.25) is 9.69 Å². The Morgan fingerprint density at radius 3 is 2.51 bits per heavy atom. The molecule has 5 saturated carbocycles. The Labute approximate surface area is 285 Å². The monoisotopic (exact) mass is 658 g/mol. The molecule has 1 N–H and O–H groups in total. The molecule has 9 unspecified atom stereocenters. The zero-order valence-electron chi connectivity index (χ0n) is 30.3. The molecule has 8 fully saturated rings. The molecule has 1 amide bonds. The van der Waals surface area contributed by atoms with Crippen molar-refractivity contribution >= 4 is 5.91 Å². The molecule has 8 rings (SSSR count). The van der Waals surface area contributed by atoms with Gasteiger partial charge in [0.15, 0.2) is 6.29 Å². The van der Waals surface area contributed by atoms with E-state index >= 15 is 0 Å². The van der Waals surface area contributed by atoms with Crippen molar-refractivity contribution in [3.63, 3.8) is 0 Å². The third kappa shape index (κ3) is 5.14. The molecule has 47 heavy (non-hydrogen) atoms. The molecule has 2 spiro atoms. The largest absolute Gasteiger partial charge is 0.388 e. The Morgan fingerprint density at radius 2 is 1.79 bits per heavy atom. The number of aliphatic hydroxyl groups is 1. The van der Waals surface area contributed by atoms with E-state index in [0.717, 1.165) is 50.7 Å². The number of rotatable bonds is 8. The number of hydrogen-bond acceptors (Lipinski definition) is 7. The van der Waals surface area contributed by atoms with Gasteiger partial charge >= 0.3 is 0 Å². The number of carbonyl (C=O) groups excluding carboxylic acids is 1. The second kappa shape index (κ2) is 11.6. The highest BCUT2D eigenvalue weighted by atomic mass is 16.7. The summed E-state index contributed by atoms with van der Waals surface area (Å²) in [4.78, 5) is 16.9. The number of fused-ring (bicyclic) bond motifs is 4. The molecule has 0 aromatic heterocycles. The molecule has 268 valence electrons. The average Bonchev–Trinajstić information content (AvgIpc) is 3.56. The fraction of sp³-hybridized carbons (Fsp3) is 0.974. The lowest BCUT2D eigenvalue weighted by atomic mass is 9.46. The van der Waals surface area contributed by atoms with Gasteiger partial charge in [-0.2, -0.15) is 0 Å². The molecular weight excluding hydrogens is 592 g/mol. The minimum absolute atomic E-state index is 0. The fourth-order valence-corrected chi connectivity index (χ4v) is 13.6. The average molecular weight is 659 g/mol. The Balaban J connectivity index is 0.00000364. The van der Waals surface area contributed by atoms with Crippen molar-refractivity contribution in [2.75, 3.05) is 45.9 Å². The van der Waals surface area contributed by atoms with Crippen molar-refractivity contribution in [2.24, 2.45) is 45.3 Å². The Hall–Kier alpha value is -0.770. The molecule has 5 aliphatic carbocycles. The zero-order chi connectivity index (χ0) is 33.0. The van der Waals surface area contributed by atoms with Gasteiger partial charge in [0.05, 0.1) is 43.6 Å². The van der Waals surface area contributed by atoms with Crippen LogP contribution < -0.4 is 0 Å². The van der Waals surface area contributed by atoms with E-state index in [1.807, 2.05) is 25.7 Å². The second-order valence-electron chi connectivity index (χ2n) is 18.8. The van der Waals surface area contributed by atoms with Gasteiger partial charge < -0.3 is 29.0 Å². The summed E-state index contributed by atoms with van der Waals surface area (Å²) in [5, 5.41) is 10.9. The van der Waals surface area contributed by atoms with Gasteiger partial charge in [0.1, 0.15) is 6.10 Å². The lowest BCUT2D eigenvalue weighted by Crippen LogP contribution is -2.56. The molecular formula is C39H66N2O6. The van der Waals surface area contributed by atoms with E-state index in [-0.39, 0.29) is 37.4 Å². The lowest BCUT2D eigenvalue weighted by molar-refractivity contribution is -0.245. The van der Waals surface area contributed by atoms with Crippen LogP contribution in [0.2, 0.25) is 0 Å². The highest BCUT2D eigenvalue weighted by molar-refractivity contribution is 5.78. The van der Waals surface area contributed by atoms with Crippen LogP contribution in [0.5, 0.6) is 0 Å². The fourth-order valence-electron chi connectivity index (χ4n) is 13.6. The van der Waals surface area contributed by atoms with E-state index in [9.17, 15) is 9.90 Å². The molecule has 3 aliphatic heterocycles. The standard InChI is InChI=1S/C39H64N2O6.H2/c1-7-44-34(36(4,5)43)28-11-9-26-29(46-28)21-27-25-10-12-30-35(2,3)31(13-14-39(30)24-38(25,39)16-15-37(26,27)6)47-33-23-40(19-20-45-33)22-32(42)41-17-8-18-41;/h25-31,33-34,43H,7-24H2,1-6H3;1H/t25?,26?,27?,28?,29?,30?,31-,33?,34-,37?,38-,39?;/m0./s1. The minimum atomic E-state index is -0.906. The number of nitrogens with zero attached hydrogens (tertiary/aromatic N) is 2. The first-order valence-electron chi connectivity index (χ1n) is 19.6. The van der Waals surface area contributed by atoms with Gasteiger partial charge in [0.25, 0.3) is 0 Å². The molecule has 0 aromatic carbocycles. The van der Waals surface area contributed by atoms with Crippen molar-refractivity contribution in [1.29, 1.82) is 0 Å². The predicted molar refractivity (Wildman–Crippen MR) is 182 cm³/mol. The van der Waals surface area contributed by atoms with E-state index in [4.69, 9.17) is 18.9 Å². The number of morpholine rings is 1. The normalized spacial score (nSPS) is 47.9. The van der Waals surface area contributed by atoms with Gasteiger partial charge in [-0.25, -0.2) is 0 Å². The van der Waals surface area contributed by atoms with Crippen LogP contribution in [0.25, 0.3) is 0 Å². The molecule has 0 bridgehead atoms. The lowest BCUT2D eigenvalue weighted by Gasteiger charge is -2.60. The maximum atomic E-state index is 12.7. The van der Waals surface area contributed by atoms with Gasteiger partial charge in [-0.1, -0.05) is 20.8 Å². The molecule has 8 heteroatoms. The highest BCUT2D eigenvalue weighted by Crippen LogP contribution is 2.87. The van der Waals surface area contributed by atoms with Crippen molar-refractivity contribution in [2.45, 2.75) is 148 Å². The predicted octanol–water partition coefficient (Wildman–Crippen LogP) is 5.89. The third-order valence-corrected chi connectivity index (χ3v) is 15.9. The summed E-state index contributed by atoms with van der Waals surface area (Å²) in [5.74, 6) is 3.15. The molecule has 8 nitrogen and oxygen atoms in total. The first kappa shape index (κ1) is 33.4. The molecule has 0 radical (unpaired) electrons. The summed E-state index contributed by atoms with van der Waals surface area (Å²) in [6.45, 7) is 18.5. The molecule has 12 atom stereocenters. The number of likely N-dealkylation sites (tertiary alicyclic amines) is 1. The first-order valence-corrected chi connectivity index (χ1v) is 19.6. The van der Waals surface area contributed by atoms with Crippen LogP contribution in [0.1, 0.15) is 114 Å². The summed E-state index contributed by atoms with van der Waals surface area (Å²) in [6.07, 6.45) is 13.7. The molecule has 0 aromatic rings. The van der Waals surface area contributed by atoms with Crippen molar-refractivity contribution in [3.05, 3.63) is 0 Å². The molecule has 3 saturated heterocycles. The van der Waals surface area contributed by atoms with Crippen LogP contribution in [-0.4, -0.2) is 103 Å². The Morgan fingerprint density at radius 1 is 1.00 bits per heavy atom. The van der Waals surface area contributed by atoms with E-state index in [0.29, 0.717) is 60.5 Å². The Kier molecular flexibility index (Phi) is 8.26. The van der Waals surface area contributed by atoms with Crippen molar-refractivity contribution in [3.8, 4) is 0 Å². The van der Waals surface area contributed by atoms with Gasteiger partial charge in [0.2, 0.25) is 5.91 Å². The van der Waals surface area contributed by atoms with Gasteiger partial charge in [0, 0.05) is 27.7 Å². The summed E-state index contributed by atoms with van der Waals surface area (Å²) in [6, 6.07) is 0. The first-order chi connectivity index (χ1) is 22.3. The number of ether oxygens (including phenoxy) is 4. The van der Waals surface area contributed by atoms with E-state index < -0.39 is 5.60 Å². The smallest absolute Gasteiger partial charge is 0.236 e. The third-order valence-electron chi connectivity index (χ3n) is 15.9. The van der Waals surface area contributed by atoms with E-state index in [2.05, 4.69) is 25.7 Å². The quantitative estimate of drug-likeness (QED) is 0.349. The topological polar surface area (TPSA) is 80.7 Å². The summed E-state index contributed by atoms with van der Waals surface area (Å²) in [7, 11) is 0. The van der Waals surface area contributed by atoms with Crippen molar-refractivity contribution < 1.29 is 30.3 Å². The summed E-state index contributed by atoms with van der Waals surface area (Å²) < 4.78 is 26.1. The maximum absolute atomic E-state index is 12.7. The molecule has 3 heterocycles. The van der Waals surface area contributed by atoms with Crippen LogP contribution in [0.15, 0.2) is 0 Å². The molecule has 8 aliphatic rings. The SMILES string of the molecule is CCO[C@@H](C1CCC2C(CC3C4CCC5C(C)(C)[C@@H](OC6CN(CC(=O)N7CCC7)CCO6)CCC56C[C@@]46CCC23C)O1)C(C)(C)O.[HH]. The van der Waals surface area contributed by atoms with Crippen LogP contribution >= 0.6 is 0 Å². The van der Waals surface area contributed by atoms with Crippen LogP contribution in [0.4, 0.5) is 0 Å². The number of hydrogen-bond donors (Lipinski definition) is 1. The minimum Gasteiger partial charge on any atom is -0.388 e. The summed E-state index contributed by atoms with van der Waals surface area (Å²) in [5.41, 5.74) is 0.552. The van der Waals surface area contributed by atoms with Gasteiger partial charge in [-0.05, 0) is 137 Å². The Bertz CT molecular complexity index is 1210. The van der Waals surface area contributed by atoms with Crippen LogP contribution in [0, 0.1) is 45.3 Å². The highest BCUT2D eigenvalue weighted by Gasteiger charge is 2.80. The zero-order valence-corrected chi connectivity index (χ0v) is 30.3. The maximum Gasteiger partial charge on any atom is 0.236 e. The van der Waals surface area contributed by atoms with Crippen molar-refractivity contribution in [1.82, 2.24) is 9.80 Å². The van der Waals surface area contributed by atoms with Crippen LogP contribution in [0.3, 0.4) is 0 Å². The second-order valence-corrected chi connectivity index (χ2v) is 18.8. The number of carbonyl (C=O) groups is 1. The van der Waals surface area contributed by atoms with Gasteiger partial charge in [-0.15, -0.1) is 0 Å². The van der Waals surface area contributed by atoms with E-state index in [1.165, 1.54) is 51.4 Å². The van der Waals surface area contributed by atoms with E-state index in [1.54, 1.807) is 0 Å². The number of amides is 1. The summed E-state index contributed by atoms with van der Waals surface area (Å²) >= 11 is 0.